The van der Waals surface area contributed by atoms with Crippen LogP contribution in [0, 0.1) is 20.8 Å². The molecule has 1 aliphatic rings. The number of hydrogen-bond donors (Lipinski definition) is 0. The molecule has 0 saturated carbocycles. The number of ether oxygens (including phenoxy) is 2. The summed E-state index contributed by atoms with van der Waals surface area (Å²) in [5.74, 6) is 1.40. The molecular formula is C24H24N2O6. The first kappa shape index (κ1) is 21.4. The minimum absolute atomic E-state index is 0.349. The average molecular weight is 436 g/mol. The van der Waals surface area contributed by atoms with Crippen molar-refractivity contribution in [1.29, 1.82) is 0 Å². The number of methoxy groups -OCH3 is 1. The van der Waals surface area contributed by atoms with Crippen molar-refractivity contribution in [3.8, 4) is 5.75 Å². The van der Waals surface area contributed by atoms with Crippen molar-refractivity contribution in [1.82, 2.24) is 5.01 Å². The van der Waals surface area contributed by atoms with Gasteiger partial charge in [0.05, 0.1) is 19.1 Å². The summed E-state index contributed by atoms with van der Waals surface area (Å²) in [6, 6.07) is 10.6. The number of furan rings is 2. The Morgan fingerprint density at radius 3 is 2.47 bits per heavy atom. The summed E-state index contributed by atoms with van der Waals surface area (Å²) in [4.78, 5) is 25.6. The van der Waals surface area contributed by atoms with Crippen LogP contribution in [0.4, 0.5) is 0 Å². The van der Waals surface area contributed by atoms with Gasteiger partial charge in [-0.2, -0.15) is 5.10 Å². The van der Waals surface area contributed by atoms with Gasteiger partial charge >= 0.3 is 5.97 Å². The standard InChI is InChI=1S/C24H24N2O6/c1-14-15(2)32-16(3)23(14)24(28)31-13-22(27)26-20(21-6-5-11-30-21)12-19(25-26)17-7-9-18(29-4)10-8-17/h5-11,20H,12-13H2,1-4H3. The summed E-state index contributed by atoms with van der Waals surface area (Å²) in [5, 5.41) is 5.86. The van der Waals surface area contributed by atoms with Gasteiger partial charge in [0.1, 0.15) is 34.6 Å². The number of benzene rings is 1. The molecule has 0 N–H and O–H groups in total. The zero-order chi connectivity index (χ0) is 22.8. The van der Waals surface area contributed by atoms with Gasteiger partial charge in [-0.25, -0.2) is 9.80 Å². The molecule has 8 nitrogen and oxygen atoms in total. The molecule has 0 saturated heterocycles. The Balaban J connectivity index is 1.53. The molecule has 0 radical (unpaired) electrons. The van der Waals surface area contributed by atoms with E-state index in [9.17, 15) is 9.59 Å². The van der Waals surface area contributed by atoms with Crippen LogP contribution in [0.3, 0.4) is 0 Å². The van der Waals surface area contributed by atoms with Gasteiger partial charge < -0.3 is 18.3 Å². The lowest BCUT2D eigenvalue weighted by Crippen LogP contribution is -2.31. The van der Waals surface area contributed by atoms with Crippen LogP contribution in [0.1, 0.15) is 51.2 Å². The van der Waals surface area contributed by atoms with Crippen molar-refractivity contribution in [2.45, 2.75) is 33.2 Å². The molecule has 3 aromatic rings. The van der Waals surface area contributed by atoms with Crippen molar-refractivity contribution in [2.75, 3.05) is 13.7 Å². The largest absolute Gasteiger partial charge is 0.497 e. The maximum atomic E-state index is 13.0. The van der Waals surface area contributed by atoms with E-state index in [0.717, 1.165) is 17.0 Å². The molecule has 1 unspecified atom stereocenters. The first-order valence-corrected chi connectivity index (χ1v) is 10.2. The number of amides is 1. The number of esters is 1. The molecule has 0 bridgehead atoms. The summed E-state index contributed by atoms with van der Waals surface area (Å²) < 4.78 is 21.5. The van der Waals surface area contributed by atoms with Crippen molar-refractivity contribution < 1.29 is 27.9 Å². The van der Waals surface area contributed by atoms with Gasteiger partial charge in [0.25, 0.3) is 5.91 Å². The third kappa shape index (κ3) is 4.03. The SMILES string of the molecule is COc1ccc(C2=NN(C(=O)COC(=O)c3c(C)oc(C)c3C)C(c3ccco3)C2)cc1. The van der Waals surface area contributed by atoms with Crippen molar-refractivity contribution in [3.05, 3.63) is 76.6 Å². The molecular weight excluding hydrogens is 412 g/mol. The monoisotopic (exact) mass is 436 g/mol. The maximum Gasteiger partial charge on any atom is 0.342 e. The Hall–Kier alpha value is -3.81. The summed E-state index contributed by atoms with van der Waals surface area (Å²) in [6.07, 6.45) is 2.02. The lowest BCUT2D eigenvalue weighted by molar-refractivity contribution is -0.136. The molecule has 166 valence electrons. The smallest absolute Gasteiger partial charge is 0.342 e. The Bertz CT molecular complexity index is 1160. The predicted molar refractivity (Wildman–Crippen MR) is 116 cm³/mol. The van der Waals surface area contributed by atoms with Gasteiger partial charge in [0.2, 0.25) is 0 Å². The van der Waals surface area contributed by atoms with Crippen molar-refractivity contribution in [3.63, 3.8) is 0 Å². The van der Waals surface area contributed by atoms with Crippen LogP contribution in [0.25, 0.3) is 0 Å². The normalized spacial score (nSPS) is 15.6. The number of hydrogen-bond acceptors (Lipinski definition) is 7. The van der Waals surface area contributed by atoms with Gasteiger partial charge in [0, 0.05) is 12.0 Å². The highest BCUT2D eigenvalue weighted by Crippen LogP contribution is 2.33. The van der Waals surface area contributed by atoms with E-state index in [1.807, 2.05) is 24.3 Å². The van der Waals surface area contributed by atoms with Gasteiger partial charge in [-0.05, 0) is 62.7 Å². The van der Waals surface area contributed by atoms with E-state index in [2.05, 4.69) is 5.10 Å². The van der Waals surface area contributed by atoms with E-state index in [4.69, 9.17) is 18.3 Å². The Labute approximate surface area is 185 Å². The first-order chi connectivity index (χ1) is 15.4. The van der Waals surface area contributed by atoms with Gasteiger partial charge in [0.15, 0.2) is 6.61 Å². The number of carbonyl (C=O) groups excluding carboxylic acids is 2. The number of nitrogens with zero attached hydrogens (tertiary/aromatic N) is 2. The van der Waals surface area contributed by atoms with Crippen molar-refractivity contribution in [2.24, 2.45) is 5.10 Å². The number of aryl methyl sites for hydroxylation is 2. The first-order valence-electron chi connectivity index (χ1n) is 10.2. The van der Waals surface area contributed by atoms with Crippen LogP contribution >= 0.6 is 0 Å². The van der Waals surface area contributed by atoms with Crippen LogP contribution < -0.4 is 4.74 Å². The van der Waals surface area contributed by atoms with Crippen LogP contribution in [0.15, 0.2) is 56.6 Å². The summed E-state index contributed by atoms with van der Waals surface area (Å²) in [5.41, 5.74) is 2.65. The molecule has 1 amide bonds. The topological polar surface area (TPSA) is 94.5 Å². The van der Waals surface area contributed by atoms with E-state index >= 15 is 0 Å². The minimum Gasteiger partial charge on any atom is -0.497 e. The zero-order valence-electron chi connectivity index (χ0n) is 18.4. The highest BCUT2D eigenvalue weighted by molar-refractivity contribution is 6.03. The second kappa shape index (κ2) is 8.74. The molecule has 8 heteroatoms. The van der Waals surface area contributed by atoms with E-state index in [1.165, 1.54) is 5.01 Å². The van der Waals surface area contributed by atoms with E-state index in [0.29, 0.717) is 34.8 Å². The summed E-state index contributed by atoms with van der Waals surface area (Å²) >= 11 is 0. The molecule has 1 aromatic carbocycles. The zero-order valence-corrected chi connectivity index (χ0v) is 18.4. The van der Waals surface area contributed by atoms with Crippen molar-refractivity contribution >= 4 is 17.6 Å². The van der Waals surface area contributed by atoms with Gasteiger partial charge in [-0.1, -0.05) is 0 Å². The minimum atomic E-state index is -0.599. The fourth-order valence-corrected chi connectivity index (χ4v) is 3.76. The molecule has 2 aromatic heterocycles. The fraction of sp³-hybridized carbons (Fsp3) is 0.292. The number of rotatable bonds is 6. The molecule has 0 fully saturated rings. The fourth-order valence-electron chi connectivity index (χ4n) is 3.76. The molecule has 1 atom stereocenters. The van der Waals surface area contributed by atoms with E-state index in [1.54, 1.807) is 46.3 Å². The number of carbonyl (C=O) groups is 2. The molecule has 0 spiro atoms. The summed E-state index contributed by atoms with van der Waals surface area (Å²) in [7, 11) is 1.60. The quantitative estimate of drug-likeness (QED) is 0.534. The Morgan fingerprint density at radius 1 is 1.12 bits per heavy atom. The summed E-state index contributed by atoms with van der Waals surface area (Å²) in [6.45, 7) is 4.80. The van der Waals surface area contributed by atoms with Gasteiger partial charge in [-0.15, -0.1) is 0 Å². The van der Waals surface area contributed by atoms with Crippen LogP contribution in [-0.4, -0.2) is 36.3 Å². The van der Waals surface area contributed by atoms with Crippen LogP contribution in [0.2, 0.25) is 0 Å². The van der Waals surface area contributed by atoms with E-state index < -0.39 is 24.5 Å². The molecule has 1 aliphatic heterocycles. The predicted octanol–water partition coefficient (Wildman–Crippen LogP) is 4.34. The third-order valence-corrected chi connectivity index (χ3v) is 5.55. The van der Waals surface area contributed by atoms with Gasteiger partial charge in [-0.3, -0.25) is 4.79 Å². The van der Waals surface area contributed by atoms with E-state index in [-0.39, 0.29) is 0 Å². The molecule has 4 rings (SSSR count). The molecule has 32 heavy (non-hydrogen) atoms. The highest BCUT2D eigenvalue weighted by Gasteiger charge is 2.35. The lowest BCUT2D eigenvalue weighted by atomic mass is 10.0. The molecule has 3 heterocycles. The van der Waals surface area contributed by atoms with Crippen LogP contribution in [-0.2, 0) is 9.53 Å². The molecule has 0 aliphatic carbocycles. The number of hydrazone groups is 1. The Morgan fingerprint density at radius 2 is 1.88 bits per heavy atom. The second-order valence-electron chi connectivity index (χ2n) is 7.54. The second-order valence-corrected chi connectivity index (χ2v) is 7.54. The average Bonchev–Trinajstić information content (AvgIpc) is 3.52. The highest BCUT2D eigenvalue weighted by atomic mass is 16.5. The lowest BCUT2D eigenvalue weighted by Gasteiger charge is -2.19. The Kier molecular flexibility index (Phi) is 5.85. The van der Waals surface area contributed by atoms with Crippen LogP contribution in [0.5, 0.6) is 5.75 Å². The third-order valence-electron chi connectivity index (χ3n) is 5.55. The maximum absolute atomic E-state index is 13.0.